The maximum Gasteiger partial charge on any atom is 0.305 e. The summed E-state index contributed by atoms with van der Waals surface area (Å²) in [6.07, 6.45) is 1.52. The first-order valence-corrected chi connectivity index (χ1v) is 7.32. The van der Waals surface area contributed by atoms with Crippen LogP contribution in [0.5, 0.6) is 0 Å². The minimum absolute atomic E-state index is 0.0545. The minimum Gasteiger partial charge on any atom is -0.466 e. The first-order chi connectivity index (χ1) is 9.58. The Morgan fingerprint density at radius 2 is 2.00 bits per heavy atom. The summed E-state index contributed by atoms with van der Waals surface area (Å²) in [6.45, 7) is 2.82. The van der Waals surface area contributed by atoms with Gasteiger partial charge in [0, 0.05) is 19.6 Å². The van der Waals surface area contributed by atoms with Gasteiger partial charge in [0.2, 0.25) is 0 Å². The van der Waals surface area contributed by atoms with E-state index in [9.17, 15) is 4.79 Å². The number of hydrogen-bond donors (Lipinski definition) is 2. The molecule has 0 saturated carbocycles. The van der Waals surface area contributed by atoms with Gasteiger partial charge in [-0.25, -0.2) is 0 Å². The van der Waals surface area contributed by atoms with E-state index in [1.165, 1.54) is 0 Å². The average Bonchev–Trinajstić information content (AvgIpc) is 2.37. The van der Waals surface area contributed by atoms with Crippen LogP contribution in [0, 0.1) is 0 Å². The number of ether oxygens (including phenoxy) is 1. The van der Waals surface area contributed by atoms with Crippen molar-refractivity contribution < 1.29 is 14.6 Å². The fraction of sp³-hybridized carbons (Fsp3) is 0.500. The SMILES string of the molecule is CCOC(=O)CCCNc1c(Cl)cc(CCO)cc1Cl. The highest BCUT2D eigenvalue weighted by molar-refractivity contribution is 6.39. The van der Waals surface area contributed by atoms with E-state index in [0.717, 1.165) is 5.56 Å². The van der Waals surface area contributed by atoms with Crippen LogP contribution in [0.1, 0.15) is 25.3 Å². The zero-order chi connectivity index (χ0) is 15.0. The van der Waals surface area contributed by atoms with Crippen LogP contribution < -0.4 is 5.32 Å². The largest absolute Gasteiger partial charge is 0.466 e. The van der Waals surface area contributed by atoms with Gasteiger partial charge in [-0.05, 0) is 37.5 Å². The lowest BCUT2D eigenvalue weighted by Crippen LogP contribution is -2.08. The molecule has 0 aromatic heterocycles. The second kappa shape index (κ2) is 9.06. The van der Waals surface area contributed by atoms with E-state index >= 15 is 0 Å². The van der Waals surface area contributed by atoms with Crippen LogP contribution in [0.4, 0.5) is 5.69 Å². The molecular formula is C14H19Cl2NO3. The number of halogens is 2. The minimum atomic E-state index is -0.204. The van der Waals surface area contributed by atoms with Gasteiger partial charge >= 0.3 is 5.97 Å². The number of nitrogens with one attached hydrogen (secondary N) is 1. The predicted octanol–water partition coefficient (Wildman–Crippen LogP) is 3.28. The van der Waals surface area contributed by atoms with Gasteiger partial charge < -0.3 is 15.2 Å². The summed E-state index contributed by atoms with van der Waals surface area (Å²) < 4.78 is 4.84. The van der Waals surface area contributed by atoms with E-state index in [0.29, 0.717) is 48.1 Å². The van der Waals surface area contributed by atoms with Gasteiger partial charge in [-0.1, -0.05) is 23.2 Å². The monoisotopic (exact) mass is 319 g/mol. The molecule has 0 radical (unpaired) electrons. The second-order valence-electron chi connectivity index (χ2n) is 4.24. The highest BCUT2D eigenvalue weighted by Gasteiger charge is 2.08. The van der Waals surface area contributed by atoms with Crippen molar-refractivity contribution >= 4 is 34.9 Å². The molecule has 2 N–H and O–H groups in total. The topological polar surface area (TPSA) is 58.6 Å². The fourth-order valence-corrected chi connectivity index (χ4v) is 2.41. The third-order valence-corrected chi connectivity index (χ3v) is 3.26. The van der Waals surface area contributed by atoms with Crippen molar-refractivity contribution in [3.05, 3.63) is 27.7 Å². The molecule has 0 saturated heterocycles. The summed E-state index contributed by atoms with van der Waals surface area (Å²) in [5.74, 6) is -0.204. The number of aliphatic hydroxyl groups excluding tert-OH is 1. The Balaban J connectivity index is 2.50. The lowest BCUT2D eigenvalue weighted by atomic mass is 10.1. The van der Waals surface area contributed by atoms with Crippen molar-refractivity contribution in [3.63, 3.8) is 0 Å². The Morgan fingerprint density at radius 1 is 1.35 bits per heavy atom. The van der Waals surface area contributed by atoms with Crippen LogP contribution in [-0.2, 0) is 16.0 Å². The third kappa shape index (κ3) is 5.57. The summed E-state index contributed by atoms with van der Waals surface area (Å²) in [6, 6.07) is 3.55. The molecule has 0 fully saturated rings. The molecule has 0 bridgehead atoms. The van der Waals surface area contributed by atoms with Crippen LogP contribution >= 0.6 is 23.2 Å². The van der Waals surface area contributed by atoms with Crippen LogP contribution in [0.3, 0.4) is 0 Å². The number of hydrogen-bond acceptors (Lipinski definition) is 4. The van der Waals surface area contributed by atoms with E-state index in [1.807, 2.05) is 0 Å². The predicted molar refractivity (Wildman–Crippen MR) is 81.6 cm³/mol. The molecule has 20 heavy (non-hydrogen) atoms. The highest BCUT2D eigenvalue weighted by Crippen LogP contribution is 2.32. The Labute approximate surface area is 129 Å². The highest BCUT2D eigenvalue weighted by atomic mass is 35.5. The van der Waals surface area contributed by atoms with Crippen molar-refractivity contribution in [2.24, 2.45) is 0 Å². The summed E-state index contributed by atoms with van der Waals surface area (Å²) in [5.41, 5.74) is 1.54. The van der Waals surface area contributed by atoms with Gasteiger partial charge in [0.15, 0.2) is 0 Å². The Bertz CT molecular complexity index is 429. The first kappa shape index (κ1) is 17.1. The van der Waals surface area contributed by atoms with Crippen LogP contribution in [0.25, 0.3) is 0 Å². The molecule has 0 atom stereocenters. The molecule has 0 heterocycles. The molecule has 0 spiro atoms. The number of anilines is 1. The molecule has 112 valence electrons. The molecule has 6 heteroatoms. The van der Waals surface area contributed by atoms with Crippen molar-refractivity contribution in [2.75, 3.05) is 25.1 Å². The summed E-state index contributed by atoms with van der Waals surface area (Å²) in [7, 11) is 0. The van der Waals surface area contributed by atoms with Gasteiger partial charge in [0.25, 0.3) is 0 Å². The normalized spacial score (nSPS) is 10.4. The zero-order valence-corrected chi connectivity index (χ0v) is 12.9. The summed E-state index contributed by atoms with van der Waals surface area (Å²) in [5, 5.41) is 13.0. The molecule has 4 nitrogen and oxygen atoms in total. The first-order valence-electron chi connectivity index (χ1n) is 6.56. The van der Waals surface area contributed by atoms with Crippen LogP contribution in [-0.4, -0.2) is 30.8 Å². The average molecular weight is 320 g/mol. The molecular weight excluding hydrogens is 301 g/mol. The number of esters is 1. The lowest BCUT2D eigenvalue weighted by molar-refractivity contribution is -0.143. The standard InChI is InChI=1S/C14H19Cl2NO3/c1-2-20-13(19)4-3-6-17-14-11(15)8-10(5-7-18)9-12(14)16/h8-9,17-18H,2-7H2,1H3. The molecule has 0 aliphatic rings. The number of carbonyl (C=O) groups is 1. The van der Waals surface area contributed by atoms with E-state index in [1.54, 1.807) is 19.1 Å². The van der Waals surface area contributed by atoms with Crippen molar-refractivity contribution in [1.82, 2.24) is 0 Å². The van der Waals surface area contributed by atoms with Crippen LogP contribution in [0.2, 0.25) is 10.0 Å². The molecule has 0 aliphatic heterocycles. The summed E-state index contributed by atoms with van der Waals surface area (Å²) in [4.78, 5) is 11.2. The third-order valence-electron chi connectivity index (χ3n) is 2.67. The maximum absolute atomic E-state index is 11.2. The zero-order valence-electron chi connectivity index (χ0n) is 11.4. The molecule has 1 aromatic carbocycles. The molecule has 0 amide bonds. The molecule has 1 aromatic rings. The van der Waals surface area contributed by atoms with Crippen molar-refractivity contribution in [3.8, 4) is 0 Å². The number of rotatable bonds is 8. The molecule has 0 aliphatic carbocycles. The molecule has 0 unspecified atom stereocenters. The Hall–Kier alpha value is -0.970. The number of benzene rings is 1. The van der Waals surface area contributed by atoms with Gasteiger partial charge in [0.05, 0.1) is 22.3 Å². The van der Waals surface area contributed by atoms with Crippen molar-refractivity contribution in [1.29, 1.82) is 0 Å². The van der Waals surface area contributed by atoms with Gasteiger partial charge in [0.1, 0.15) is 0 Å². The van der Waals surface area contributed by atoms with Crippen LogP contribution in [0.15, 0.2) is 12.1 Å². The van der Waals surface area contributed by atoms with E-state index < -0.39 is 0 Å². The van der Waals surface area contributed by atoms with E-state index in [4.69, 9.17) is 33.0 Å². The quantitative estimate of drug-likeness (QED) is 0.570. The second-order valence-corrected chi connectivity index (χ2v) is 5.06. The Morgan fingerprint density at radius 3 is 2.55 bits per heavy atom. The van der Waals surface area contributed by atoms with Crippen molar-refractivity contribution in [2.45, 2.75) is 26.2 Å². The summed E-state index contributed by atoms with van der Waals surface area (Å²) >= 11 is 12.3. The van der Waals surface area contributed by atoms with E-state index in [-0.39, 0.29) is 12.6 Å². The Kier molecular flexibility index (Phi) is 7.73. The lowest BCUT2D eigenvalue weighted by Gasteiger charge is -2.12. The van der Waals surface area contributed by atoms with Gasteiger partial charge in [-0.3, -0.25) is 4.79 Å². The number of carbonyl (C=O) groups excluding carboxylic acids is 1. The maximum atomic E-state index is 11.2. The van der Waals surface area contributed by atoms with Gasteiger partial charge in [-0.2, -0.15) is 0 Å². The van der Waals surface area contributed by atoms with Gasteiger partial charge in [-0.15, -0.1) is 0 Å². The number of aliphatic hydroxyl groups is 1. The fourth-order valence-electron chi connectivity index (χ4n) is 1.75. The smallest absolute Gasteiger partial charge is 0.305 e. The molecule has 1 rings (SSSR count). The van der Waals surface area contributed by atoms with E-state index in [2.05, 4.69) is 5.32 Å².